The Kier molecular flexibility index (Phi) is 7.88. The zero-order valence-corrected chi connectivity index (χ0v) is 23.0. The van der Waals surface area contributed by atoms with Crippen LogP contribution in [0.3, 0.4) is 0 Å². The number of carbonyl (C=O) groups is 2. The Labute approximate surface area is 235 Å². The third kappa shape index (κ3) is 5.50. The van der Waals surface area contributed by atoms with Crippen LogP contribution in [0.15, 0.2) is 48.8 Å². The molecule has 0 radical (unpaired) electrons. The molecule has 3 N–H and O–H groups in total. The van der Waals surface area contributed by atoms with Crippen molar-refractivity contribution in [1.82, 2.24) is 25.6 Å². The zero-order valence-electron chi connectivity index (χ0n) is 20.6. The highest BCUT2D eigenvalue weighted by Gasteiger charge is 2.30. The Morgan fingerprint density at radius 2 is 1.76 bits per heavy atom. The van der Waals surface area contributed by atoms with Crippen LogP contribution in [-0.4, -0.2) is 45.4 Å². The van der Waals surface area contributed by atoms with Gasteiger partial charge in [0.2, 0.25) is 0 Å². The Morgan fingerprint density at radius 3 is 2.53 bits per heavy atom. The predicted octanol–water partition coefficient (Wildman–Crippen LogP) is 5.13. The molecule has 1 fully saturated rings. The summed E-state index contributed by atoms with van der Waals surface area (Å²) in [7, 11) is 0. The van der Waals surface area contributed by atoms with Crippen LogP contribution in [0.25, 0.3) is 10.9 Å². The van der Waals surface area contributed by atoms with E-state index in [1.54, 1.807) is 24.5 Å². The molecule has 8 nitrogen and oxygen atoms in total. The van der Waals surface area contributed by atoms with Crippen molar-refractivity contribution in [2.75, 3.05) is 11.4 Å². The van der Waals surface area contributed by atoms with Crippen molar-refractivity contribution < 1.29 is 9.59 Å². The number of benzene rings is 1. The summed E-state index contributed by atoms with van der Waals surface area (Å²) in [6.07, 6.45) is 8.05. The normalized spacial score (nSPS) is 18.9. The molecule has 11 heteroatoms. The molecule has 4 aromatic rings. The van der Waals surface area contributed by atoms with Crippen molar-refractivity contribution in [3.8, 4) is 0 Å². The van der Waals surface area contributed by atoms with Gasteiger partial charge < -0.3 is 20.5 Å². The first-order valence-corrected chi connectivity index (χ1v) is 13.8. The van der Waals surface area contributed by atoms with Gasteiger partial charge >= 0.3 is 0 Å². The van der Waals surface area contributed by atoms with Gasteiger partial charge in [-0.15, -0.1) is 23.7 Å². The van der Waals surface area contributed by atoms with E-state index < -0.39 is 0 Å². The monoisotopic (exact) mass is 570 g/mol. The molecule has 1 aliphatic heterocycles. The fourth-order valence-electron chi connectivity index (χ4n) is 5.24. The van der Waals surface area contributed by atoms with Gasteiger partial charge in [-0.3, -0.25) is 14.6 Å². The third-order valence-electron chi connectivity index (χ3n) is 7.18. The first-order valence-electron chi connectivity index (χ1n) is 12.6. The van der Waals surface area contributed by atoms with Gasteiger partial charge in [0.1, 0.15) is 5.69 Å². The average molecular weight is 572 g/mol. The molecule has 0 spiro atoms. The van der Waals surface area contributed by atoms with Gasteiger partial charge in [0.15, 0.2) is 5.01 Å². The molecule has 0 saturated heterocycles. The van der Waals surface area contributed by atoms with E-state index in [-0.39, 0.29) is 36.3 Å². The molecule has 38 heavy (non-hydrogen) atoms. The fourth-order valence-corrected chi connectivity index (χ4v) is 6.44. The number of fused-ring (bicyclic) bond motifs is 2. The smallest absolute Gasteiger partial charge is 0.280 e. The van der Waals surface area contributed by atoms with Crippen LogP contribution in [0.4, 0.5) is 5.69 Å². The average Bonchev–Trinajstić information content (AvgIpc) is 3.54. The van der Waals surface area contributed by atoms with Crippen LogP contribution in [0, 0.1) is 0 Å². The summed E-state index contributed by atoms with van der Waals surface area (Å²) >= 11 is 7.54. The number of carbonyl (C=O) groups excluding carboxylic acids is 2. The van der Waals surface area contributed by atoms with Crippen LogP contribution < -0.4 is 15.5 Å². The third-order valence-corrected chi connectivity index (χ3v) is 8.50. The number of pyridine rings is 1. The molecule has 2 atom stereocenters. The highest BCUT2D eigenvalue weighted by Crippen LogP contribution is 2.29. The second kappa shape index (κ2) is 11.3. The van der Waals surface area contributed by atoms with Gasteiger partial charge in [0.05, 0.1) is 12.2 Å². The molecule has 0 unspecified atom stereocenters. The molecule has 2 amide bonds. The van der Waals surface area contributed by atoms with Gasteiger partial charge in [-0.25, -0.2) is 4.98 Å². The number of halogens is 2. The number of aromatic nitrogens is 3. The van der Waals surface area contributed by atoms with Gasteiger partial charge in [-0.1, -0.05) is 30.5 Å². The Balaban J connectivity index is 0.00000294. The van der Waals surface area contributed by atoms with E-state index in [9.17, 15) is 9.59 Å². The van der Waals surface area contributed by atoms with E-state index in [1.807, 2.05) is 24.3 Å². The Morgan fingerprint density at radius 1 is 1.03 bits per heavy atom. The van der Waals surface area contributed by atoms with Gasteiger partial charge in [-0.05, 0) is 43.2 Å². The van der Waals surface area contributed by atoms with Gasteiger partial charge in [0.25, 0.3) is 11.8 Å². The first-order chi connectivity index (χ1) is 18.0. The molecule has 0 bridgehead atoms. The Hall–Kier alpha value is -3.14. The lowest BCUT2D eigenvalue weighted by atomic mass is 9.90. The van der Waals surface area contributed by atoms with Crippen LogP contribution in [0.1, 0.15) is 56.5 Å². The molecular formula is C27H28Cl2N6O2S. The number of anilines is 1. The predicted molar refractivity (Wildman–Crippen MR) is 153 cm³/mol. The van der Waals surface area contributed by atoms with E-state index >= 15 is 0 Å². The number of nitrogens with one attached hydrogen (secondary N) is 3. The minimum absolute atomic E-state index is 0. The molecule has 6 rings (SSSR count). The summed E-state index contributed by atoms with van der Waals surface area (Å²) in [5, 5.41) is 8.35. The van der Waals surface area contributed by atoms with Crippen molar-refractivity contribution in [3.63, 3.8) is 0 Å². The van der Waals surface area contributed by atoms with E-state index in [0.29, 0.717) is 15.7 Å². The van der Waals surface area contributed by atoms with Crippen LogP contribution in [0.2, 0.25) is 5.02 Å². The van der Waals surface area contributed by atoms with Crippen LogP contribution in [0.5, 0.6) is 0 Å². The lowest BCUT2D eigenvalue weighted by molar-refractivity contribution is 0.0860. The molecule has 1 aromatic carbocycles. The summed E-state index contributed by atoms with van der Waals surface area (Å²) in [6.45, 7) is 1.60. The Bertz CT molecular complexity index is 1460. The van der Waals surface area contributed by atoms with Crippen molar-refractivity contribution in [2.24, 2.45) is 0 Å². The van der Waals surface area contributed by atoms with E-state index in [0.717, 1.165) is 72.4 Å². The second-order valence-corrected chi connectivity index (χ2v) is 11.1. The van der Waals surface area contributed by atoms with Crippen molar-refractivity contribution in [3.05, 3.63) is 75.1 Å². The molecule has 1 saturated carbocycles. The molecular weight excluding hydrogens is 543 g/mol. The topological polar surface area (TPSA) is 103 Å². The lowest BCUT2D eigenvalue weighted by Gasteiger charge is -2.32. The number of hydrogen-bond acceptors (Lipinski definition) is 6. The summed E-state index contributed by atoms with van der Waals surface area (Å²) in [6, 6.07) is 11.0. The maximum absolute atomic E-state index is 13.2. The number of aromatic amines is 1. The highest BCUT2D eigenvalue weighted by molar-refractivity contribution is 7.13. The second-order valence-electron chi connectivity index (χ2n) is 9.62. The number of nitrogens with zero attached hydrogens (tertiary/aromatic N) is 3. The molecule has 2 aliphatic rings. The minimum Gasteiger partial charge on any atom is -0.366 e. The van der Waals surface area contributed by atoms with E-state index in [4.69, 9.17) is 11.6 Å². The van der Waals surface area contributed by atoms with E-state index in [1.165, 1.54) is 11.3 Å². The summed E-state index contributed by atoms with van der Waals surface area (Å²) in [4.78, 5) is 41.6. The number of thiazole rings is 1. The zero-order chi connectivity index (χ0) is 25.4. The summed E-state index contributed by atoms with van der Waals surface area (Å²) in [5.41, 5.74) is 3.44. The quantitative estimate of drug-likeness (QED) is 0.308. The maximum atomic E-state index is 13.2. The number of hydrogen-bond donors (Lipinski definition) is 3. The molecule has 4 heterocycles. The van der Waals surface area contributed by atoms with E-state index in [2.05, 4.69) is 30.5 Å². The van der Waals surface area contributed by atoms with Gasteiger partial charge in [-0.2, -0.15) is 0 Å². The first kappa shape index (κ1) is 26.5. The summed E-state index contributed by atoms with van der Waals surface area (Å²) < 4.78 is 0. The fraction of sp³-hybridized carbons (Fsp3) is 0.333. The number of H-pyrrole nitrogens is 1. The lowest BCUT2D eigenvalue weighted by Crippen LogP contribution is -2.53. The molecule has 198 valence electrons. The SMILES string of the molecule is Cl.O=C(N[C@@H]1CCCC[C@@H]1NC(=O)c1nc2c(s1)CN(c1ccncc1)CC2)c1cc2ccc(Cl)cc2[nH]1. The number of rotatable bonds is 5. The largest absolute Gasteiger partial charge is 0.366 e. The van der Waals surface area contributed by atoms with Crippen molar-refractivity contribution in [1.29, 1.82) is 0 Å². The maximum Gasteiger partial charge on any atom is 0.280 e. The van der Waals surface area contributed by atoms with Gasteiger partial charge in [0, 0.05) is 63.9 Å². The van der Waals surface area contributed by atoms with Crippen LogP contribution in [-0.2, 0) is 13.0 Å². The highest BCUT2D eigenvalue weighted by atomic mass is 35.5. The minimum atomic E-state index is -0.181. The van der Waals surface area contributed by atoms with Crippen molar-refractivity contribution in [2.45, 2.75) is 50.7 Å². The molecule has 3 aromatic heterocycles. The standard InChI is InChI=1S/C27H27ClN6O2S.ClH/c28-17-6-5-16-13-23(30-22(16)14-17)25(35)31-19-3-1-2-4-20(19)32-26(36)27-33-21-9-12-34(15-24(21)37-27)18-7-10-29-11-8-18;/h5-8,10-11,13-14,19-20,30H,1-4,9,12,15H2,(H,31,35)(H,32,36);1H/t19-,20+;/m1./s1. The molecule has 1 aliphatic carbocycles. The van der Waals surface area contributed by atoms with Crippen molar-refractivity contribution >= 4 is 63.7 Å². The number of amides is 2. The summed E-state index contributed by atoms with van der Waals surface area (Å²) in [5.74, 6) is -0.347. The van der Waals surface area contributed by atoms with Crippen LogP contribution >= 0.6 is 35.3 Å².